The topological polar surface area (TPSA) is 42.5 Å². The standard InChI is InChI=1S/C9H13N3O/c1-2-8-7-9-11(5-6-13)3-4-12(9)10-8/h3-4,7,13H,2,5-6H2,1H3. The number of aliphatic hydroxyl groups excluding tert-OH is 1. The lowest BCUT2D eigenvalue weighted by Gasteiger charge is -1.97. The Bertz CT molecular complexity index is 402. The van der Waals surface area contributed by atoms with Crippen LogP contribution in [0.15, 0.2) is 18.5 Å². The maximum absolute atomic E-state index is 8.81. The molecular weight excluding hydrogens is 166 g/mol. The molecule has 0 aromatic carbocycles. The number of aromatic nitrogens is 3. The molecule has 0 aliphatic carbocycles. The predicted molar refractivity (Wildman–Crippen MR) is 49.6 cm³/mol. The summed E-state index contributed by atoms with van der Waals surface area (Å²) in [6, 6.07) is 2.05. The van der Waals surface area contributed by atoms with E-state index in [9.17, 15) is 0 Å². The van der Waals surface area contributed by atoms with Crippen molar-refractivity contribution in [3.05, 3.63) is 24.2 Å². The maximum Gasteiger partial charge on any atom is 0.136 e. The third kappa shape index (κ3) is 1.33. The van der Waals surface area contributed by atoms with Crippen molar-refractivity contribution in [2.24, 2.45) is 0 Å². The summed E-state index contributed by atoms with van der Waals surface area (Å²) in [6.07, 6.45) is 4.78. The molecule has 0 atom stereocenters. The van der Waals surface area contributed by atoms with Gasteiger partial charge in [0, 0.05) is 25.0 Å². The molecule has 0 radical (unpaired) electrons. The number of nitrogens with zero attached hydrogens (tertiary/aromatic N) is 3. The van der Waals surface area contributed by atoms with Gasteiger partial charge in [-0.25, -0.2) is 4.52 Å². The van der Waals surface area contributed by atoms with Crippen molar-refractivity contribution < 1.29 is 5.11 Å². The van der Waals surface area contributed by atoms with Crippen LogP contribution in [0.5, 0.6) is 0 Å². The first kappa shape index (κ1) is 8.31. The van der Waals surface area contributed by atoms with E-state index in [2.05, 4.69) is 18.1 Å². The second-order valence-electron chi connectivity index (χ2n) is 3.01. The molecule has 4 nitrogen and oxygen atoms in total. The van der Waals surface area contributed by atoms with Crippen LogP contribution in [0, 0.1) is 0 Å². The molecule has 2 aromatic heterocycles. The molecule has 70 valence electrons. The minimum atomic E-state index is 0.164. The predicted octanol–water partition coefficient (Wildman–Crippen LogP) is 0.690. The molecule has 0 fully saturated rings. The summed E-state index contributed by atoms with van der Waals surface area (Å²) in [6.45, 7) is 2.88. The Morgan fingerprint density at radius 1 is 1.46 bits per heavy atom. The van der Waals surface area contributed by atoms with Crippen molar-refractivity contribution in [3.63, 3.8) is 0 Å². The number of aryl methyl sites for hydroxylation is 1. The number of fused-ring (bicyclic) bond motifs is 1. The van der Waals surface area contributed by atoms with Crippen LogP contribution in [0.3, 0.4) is 0 Å². The first-order valence-corrected chi connectivity index (χ1v) is 4.49. The monoisotopic (exact) mass is 179 g/mol. The highest BCUT2D eigenvalue weighted by Crippen LogP contribution is 2.08. The number of imidazole rings is 1. The van der Waals surface area contributed by atoms with Gasteiger partial charge in [-0.3, -0.25) is 0 Å². The molecular formula is C9H13N3O. The third-order valence-corrected chi connectivity index (χ3v) is 2.15. The van der Waals surface area contributed by atoms with Crippen LogP contribution in [0.4, 0.5) is 0 Å². The third-order valence-electron chi connectivity index (χ3n) is 2.15. The Balaban J connectivity index is 2.46. The average Bonchev–Trinajstić information content (AvgIpc) is 2.67. The van der Waals surface area contributed by atoms with E-state index in [4.69, 9.17) is 5.11 Å². The van der Waals surface area contributed by atoms with Crippen LogP contribution in [-0.4, -0.2) is 25.9 Å². The first-order valence-electron chi connectivity index (χ1n) is 4.49. The Labute approximate surface area is 76.4 Å². The van der Waals surface area contributed by atoms with Crippen LogP contribution in [0.2, 0.25) is 0 Å². The summed E-state index contributed by atoms with van der Waals surface area (Å²) in [5, 5.41) is 13.2. The van der Waals surface area contributed by atoms with Gasteiger partial charge >= 0.3 is 0 Å². The van der Waals surface area contributed by atoms with E-state index in [1.807, 2.05) is 21.5 Å². The largest absolute Gasteiger partial charge is 0.395 e. The molecule has 2 rings (SSSR count). The molecule has 4 heteroatoms. The van der Waals surface area contributed by atoms with E-state index in [0.29, 0.717) is 6.54 Å². The maximum atomic E-state index is 8.81. The smallest absolute Gasteiger partial charge is 0.136 e. The lowest BCUT2D eigenvalue weighted by Crippen LogP contribution is -1.99. The van der Waals surface area contributed by atoms with Crippen LogP contribution in [0.25, 0.3) is 5.65 Å². The summed E-state index contributed by atoms with van der Waals surface area (Å²) >= 11 is 0. The van der Waals surface area contributed by atoms with Gasteiger partial charge in [-0.15, -0.1) is 0 Å². The normalized spacial score (nSPS) is 11.2. The van der Waals surface area contributed by atoms with Gasteiger partial charge in [0.15, 0.2) is 0 Å². The van der Waals surface area contributed by atoms with Crippen molar-refractivity contribution in [2.45, 2.75) is 19.9 Å². The number of hydrogen-bond donors (Lipinski definition) is 1. The summed E-state index contributed by atoms with van der Waals surface area (Å²) in [5.74, 6) is 0. The molecule has 0 saturated heterocycles. The molecule has 0 aliphatic heterocycles. The lowest BCUT2D eigenvalue weighted by atomic mass is 10.3. The summed E-state index contributed by atoms with van der Waals surface area (Å²) in [4.78, 5) is 0. The summed E-state index contributed by atoms with van der Waals surface area (Å²) < 4.78 is 3.83. The minimum Gasteiger partial charge on any atom is -0.395 e. The van der Waals surface area contributed by atoms with Gasteiger partial charge < -0.3 is 9.67 Å². The highest BCUT2D eigenvalue weighted by atomic mass is 16.3. The molecule has 0 saturated carbocycles. The van der Waals surface area contributed by atoms with E-state index in [1.165, 1.54) is 0 Å². The summed E-state index contributed by atoms with van der Waals surface area (Å²) in [7, 11) is 0. The molecule has 0 spiro atoms. The van der Waals surface area contributed by atoms with Gasteiger partial charge in [0.2, 0.25) is 0 Å². The van der Waals surface area contributed by atoms with E-state index in [-0.39, 0.29) is 6.61 Å². The molecule has 0 unspecified atom stereocenters. The fourth-order valence-electron chi connectivity index (χ4n) is 1.45. The van der Waals surface area contributed by atoms with Crippen molar-refractivity contribution in [3.8, 4) is 0 Å². The number of aliphatic hydroxyl groups is 1. The van der Waals surface area contributed by atoms with Crippen LogP contribution < -0.4 is 0 Å². The molecule has 0 aliphatic rings. The van der Waals surface area contributed by atoms with Crippen LogP contribution in [-0.2, 0) is 13.0 Å². The van der Waals surface area contributed by atoms with Gasteiger partial charge in [0.25, 0.3) is 0 Å². The van der Waals surface area contributed by atoms with Crippen LogP contribution in [0.1, 0.15) is 12.6 Å². The Morgan fingerprint density at radius 3 is 3.00 bits per heavy atom. The molecule has 0 bridgehead atoms. The first-order chi connectivity index (χ1) is 6.35. The Kier molecular flexibility index (Phi) is 2.06. The van der Waals surface area contributed by atoms with E-state index in [0.717, 1.165) is 17.8 Å². The second-order valence-corrected chi connectivity index (χ2v) is 3.01. The quantitative estimate of drug-likeness (QED) is 0.753. The zero-order chi connectivity index (χ0) is 9.26. The van der Waals surface area contributed by atoms with Crippen molar-refractivity contribution >= 4 is 5.65 Å². The lowest BCUT2D eigenvalue weighted by molar-refractivity contribution is 0.278. The van der Waals surface area contributed by atoms with E-state index < -0.39 is 0 Å². The zero-order valence-electron chi connectivity index (χ0n) is 7.64. The zero-order valence-corrected chi connectivity index (χ0v) is 7.64. The van der Waals surface area contributed by atoms with Gasteiger partial charge in [-0.1, -0.05) is 6.92 Å². The minimum absolute atomic E-state index is 0.164. The number of hydrogen-bond acceptors (Lipinski definition) is 2. The molecule has 13 heavy (non-hydrogen) atoms. The van der Waals surface area contributed by atoms with E-state index >= 15 is 0 Å². The highest BCUT2D eigenvalue weighted by molar-refractivity contribution is 5.41. The molecule has 2 aromatic rings. The summed E-state index contributed by atoms with van der Waals surface area (Å²) in [5.41, 5.74) is 2.13. The van der Waals surface area contributed by atoms with Gasteiger partial charge in [-0.05, 0) is 6.42 Å². The second kappa shape index (κ2) is 3.22. The fraction of sp³-hybridized carbons (Fsp3) is 0.444. The van der Waals surface area contributed by atoms with Crippen molar-refractivity contribution in [2.75, 3.05) is 6.61 Å². The fourth-order valence-corrected chi connectivity index (χ4v) is 1.45. The van der Waals surface area contributed by atoms with Crippen molar-refractivity contribution in [1.29, 1.82) is 0 Å². The highest BCUT2D eigenvalue weighted by Gasteiger charge is 2.03. The Hall–Kier alpha value is -1.29. The molecule has 2 heterocycles. The van der Waals surface area contributed by atoms with E-state index in [1.54, 1.807) is 0 Å². The van der Waals surface area contributed by atoms with Gasteiger partial charge in [0.1, 0.15) is 5.65 Å². The Morgan fingerprint density at radius 2 is 2.31 bits per heavy atom. The van der Waals surface area contributed by atoms with Crippen LogP contribution >= 0.6 is 0 Å². The molecule has 0 amide bonds. The molecule has 1 N–H and O–H groups in total. The SMILES string of the molecule is CCc1cc2n(CCO)ccn2n1. The average molecular weight is 179 g/mol. The number of rotatable bonds is 3. The van der Waals surface area contributed by atoms with Gasteiger partial charge in [0.05, 0.1) is 12.3 Å². The van der Waals surface area contributed by atoms with Gasteiger partial charge in [-0.2, -0.15) is 5.10 Å². The van der Waals surface area contributed by atoms with Crippen molar-refractivity contribution in [1.82, 2.24) is 14.2 Å².